The van der Waals surface area contributed by atoms with Crippen LogP contribution < -0.4 is 10.0 Å². The van der Waals surface area contributed by atoms with Crippen LogP contribution in [0.1, 0.15) is 25.6 Å². The molecular formula is C19H21BrN2O9S2. The molecule has 1 amide bonds. The first-order chi connectivity index (χ1) is 15.4. The molecule has 180 valence electrons. The van der Waals surface area contributed by atoms with Crippen LogP contribution in [0, 0.1) is 6.92 Å². The molecule has 2 heterocycles. The second-order valence-electron chi connectivity index (χ2n) is 7.29. The highest BCUT2D eigenvalue weighted by atomic mass is 79.9. The number of carbonyl (C=O) groups excluding carboxylic acids is 1. The lowest BCUT2D eigenvalue weighted by Gasteiger charge is -2.41. The molecule has 3 rings (SSSR count). The van der Waals surface area contributed by atoms with Crippen molar-refractivity contribution in [3.05, 3.63) is 50.8 Å². The lowest BCUT2D eigenvalue weighted by Crippen LogP contribution is -2.65. The number of carboxylic acid groups (broad SMARTS) is 1. The van der Waals surface area contributed by atoms with Crippen LogP contribution in [0.15, 0.2) is 39.0 Å². The van der Waals surface area contributed by atoms with E-state index in [4.69, 9.17) is 9.84 Å². The quantitative estimate of drug-likeness (QED) is 0.270. The third kappa shape index (κ3) is 5.78. The first kappa shape index (κ1) is 25.7. The van der Waals surface area contributed by atoms with Crippen LogP contribution in [-0.4, -0.2) is 77.9 Å². The number of nitrogens with one attached hydrogen (secondary N) is 2. The largest absolute Gasteiger partial charge is 0.477 e. The molecule has 14 heteroatoms. The van der Waals surface area contributed by atoms with Gasteiger partial charge < -0.3 is 30.5 Å². The van der Waals surface area contributed by atoms with Crippen molar-refractivity contribution in [1.82, 2.24) is 10.0 Å². The predicted octanol–water partition coefficient (Wildman–Crippen LogP) is 0.0331. The molecule has 0 aliphatic carbocycles. The van der Waals surface area contributed by atoms with Gasteiger partial charge >= 0.3 is 5.97 Å². The number of ether oxygens (including phenoxy) is 1. The zero-order chi connectivity index (χ0) is 24.5. The number of aliphatic hydroxyl groups excluding tert-OH is 3. The van der Waals surface area contributed by atoms with E-state index in [9.17, 15) is 33.3 Å². The van der Waals surface area contributed by atoms with Crippen LogP contribution in [-0.2, 0) is 14.8 Å². The number of hydrogen-bond donors (Lipinski definition) is 6. The third-order valence-electron chi connectivity index (χ3n) is 4.91. The van der Waals surface area contributed by atoms with Crippen molar-refractivity contribution in [2.45, 2.75) is 41.8 Å². The van der Waals surface area contributed by atoms with Gasteiger partial charge in [0.15, 0.2) is 6.29 Å². The second kappa shape index (κ2) is 10.1. The highest BCUT2D eigenvalue weighted by Crippen LogP contribution is 2.27. The smallest absolute Gasteiger partial charge is 0.345 e. The molecule has 1 aromatic carbocycles. The summed E-state index contributed by atoms with van der Waals surface area (Å²) in [5.74, 6) is -1.89. The number of aryl methyl sites for hydroxylation is 1. The Labute approximate surface area is 201 Å². The van der Waals surface area contributed by atoms with Crippen molar-refractivity contribution in [2.75, 3.05) is 6.54 Å². The van der Waals surface area contributed by atoms with E-state index >= 15 is 0 Å². The zero-order valence-electron chi connectivity index (χ0n) is 17.0. The fourth-order valence-electron chi connectivity index (χ4n) is 3.23. The molecule has 1 unspecified atom stereocenters. The summed E-state index contributed by atoms with van der Waals surface area (Å²) in [6, 6.07) is 6.21. The molecule has 1 fully saturated rings. The maximum Gasteiger partial charge on any atom is 0.345 e. The van der Waals surface area contributed by atoms with Crippen LogP contribution in [0.3, 0.4) is 0 Å². The highest BCUT2D eigenvalue weighted by molar-refractivity contribution is 9.10. The normalized spacial score (nSPS) is 25.5. The Kier molecular flexibility index (Phi) is 7.91. The molecule has 0 spiro atoms. The van der Waals surface area contributed by atoms with E-state index in [-0.39, 0.29) is 20.2 Å². The fourth-order valence-corrected chi connectivity index (χ4v) is 6.25. The monoisotopic (exact) mass is 564 g/mol. The molecule has 0 radical (unpaired) electrons. The molecule has 5 atom stereocenters. The summed E-state index contributed by atoms with van der Waals surface area (Å²) in [6.45, 7) is 0.916. The van der Waals surface area contributed by atoms with Gasteiger partial charge in [-0.05, 0) is 36.8 Å². The van der Waals surface area contributed by atoms with Gasteiger partial charge in [-0.3, -0.25) is 4.79 Å². The van der Waals surface area contributed by atoms with E-state index in [1.165, 1.54) is 25.1 Å². The summed E-state index contributed by atoms with van der Waals surface area (Å²) in [4.78, 5) is 23.3. The summed E-state index contributed by atoms with van der Waals surface area (Å²) in [6.07, 6.45) is -6.40. The Hall–Kier alpha value is -1.91. The van der Waals surface area contributed by atoms with Crippen LogP contribution in [0.25, 0.3) is 0 Å². The number of sulfonamides is 1. The van der Waals surface area contributed by atoms with Crippen molar-refractivity contribution < 1.29 is 43.2 Å². The Morgan fingerprint density at radius 2 is 1.88 bits per heavy atom. The van der Waals surface area contributed by atoms with E-state index in [1.807, 2.05) is 0 Å². The fraction of sp³-hybridized carbons (Fsp3) is 0.368. The number of carboxylic acids is 1. The molecule has 0 bridgehead atoms. The number of amides is 1. The number of hydrogen-bond acceptors (Lipinski definition) is 9. The summed E-state index contributed by atoms with van der Waals surface area (Å²) in [5, 5.41) is 42.5. The molecule has 0 saturated carbocycles. The second-order valence-corrected chi connectivity index (χ2v) is 11.2. The lowest BCUT2D eigenvalue weighted by molar-refractivity contribution is -0.243. The highest BCUT2D eigenvalue weighted by Gasteiger charge is 2.45. The molecule has 2 aromatic rings. The van der Waals surface area contributed by atoms with Crippen molar-refractivity contribution in [2.24, 2.45) is 0 Å². The van der Waals surface area contributed by atoms with E-state index < -0.39 is 59.1 Å². The predicted molar refractivity (Wildman–Crippen MR) is 119 cm³/mol. The topological polar surface area (TPSA) is 182 Å². The summed E-state index contributed by atoms with van der Waals surface area (Å²) >= 11 is 3.80. The number of halogens is 1. The number of carbonyl (C=O) groups is 2. The van der Waals surface area contributed by atoms with Crippen LogP contribution in [0.2, 0.25) is 0 Å². The summed E-state index contributed by atoms with van der Waals surface area (Å²) in [5.41, 5.74) is 0.464. The zero-order valence-corrected chi connectivity index (χ0v) is 20.2. The van der Waals surface area contributed by atoms with Gasteiger partial charge in [0.05, 0.1) is 0 Å². The number of benzene rings is 1. The van der Waals surface area contributed by atoms with E-state index in [0.29, 0.717) is 15.8 Å². The minimum atomic E-state index is -4.16. The van der Waals surface area contributed by atoms with Crippen molar-refractivity contribution in [3.8, 4) is 0 Å². The molecule has 1 saturated heterocycles. The molecule has 6 N–H and O–H groups in total. The minimum absolute atomic E-state index is 0.156. The van der Waals surface area contributed by atoms with E-state index in [0.717, 1.165) is 0 Å². The van der Waals surface area contributed by atoms with Gasteiger partial charge in [0.2, 0.25) is 10.0 Å². The van der Waals surface area contributed by atoms with Crippen molar-refractivity contribution in [3.63, 3.8) is 0 Å². The third-order valence-corrected chi connectivity index (χ3v) is 8.68. The van der Waals surface area contributed by atoms with Gasteiger partial charge in [0.25, 0.3) is 5.91 Å². The van der Waals surface area contributed by atoms with Gasteiger partial charge in [-0.25, -0.2) is 17.9 Å². The number of aromatic carboxylic acids is 1. The number of aliphatic hydroxyl groups is 3. The van der Waals surface area contributed by atoms with Gasteiger partial charge in [-0.2, -0.15) is 0 Å². The van der Waals surface area contributed by atoms with Crippen LogP contribution >= 0.6 is 27.3 Å². The minimum Gasteiger partial charge on any atom is -0.477 e. The average Bonchev–Trinajstić information content (AvgIpc) is 3.15. The standard InChI is InChI=1S/C19H21BrN2O9S2/c1-8-5-12(17(26)27)32-19(8)33(29,30)21-7-11-14(23)15(24)13(18(28)31-11)22-16(25)9-3-2-4-10(20)6-9/h2-6,11,13-15,18,21,23-24,28H,7H2,1H3,(H,22,25)(H,26,27)/t11-,13-,14-,15-,18?/m1/s1. The first-order valence-electron chi connectivity index (χ1n) is 9.50. The Morgan fingerprint density at radius 1 is 1.18 bits per heavy atom. The van der Waals surface area contributed by atoms with Gasteiger partial charge in [-0.15, -0.1) is 11.3 Å². The summed E-state index contributed by atoms with van der Waals surface area (Å²) in [7, 11) is -4.16. The Morgan fingerprint density at radius 3 is 2.48 bits per heavy atom. The van der Waals surface area contributed by atoms with Gasteiger partial charge in [0.1, 0.15) is 33.4 Å². The maximum atomic E-state index is 12.6. The van der Waals surface area contributed by atoms with Crippen LogP contribution in [0.5, 0.6) is 0 Å². The van der Waals surface area contributed by atoms with Gasteiger partial charge in [0, 0.05) is 16.6 Å². The first-order valence-corrected chi connectivity index (χ1v) is 12.6. The molecule has 33 heavy (non-hydrogen) atoms. The molecule has 1 aromatic heterocycles. The van der Waals surface area contributed by atoms with Crippen LogP contribution in [0.4, 0.5) is 0 Å². The maximum absolute atomic E-state index is 12.6. The average molecular weight is 565 g/mol. The number of rotatable bonds is 7. The lowest BCUT2D eigenvalue weighted by atomic mass is 9.96. The molecule has 1 aliphatic heterocycles. The molecular weight excluding hydrogens is 544 g/mol. The SMILES string of the molecule is Cc1cc(C(=O)O)sc1S(=O)(=O)NC[C@H]1OC(O)[C@H](NC(=O)c2cccc(Br)c2)[C@@H](O)[C@@H]1O. The van der Waals surface area contributed by atoms with Crippen molar-refractivity contribution in [1.29, 1.82) is 0 Å². The van der Waals surface area contributed by atoms with E-state index in [2.05, 4.69) is 26.0 Å². The molecule has 11 nitrogen and oxygen atoms in total. The Bertz CT molecular complexity index is 1150. The van der Waals surface area contributed by atoms with E-state index in [1.54, 1.807) is 12.1 Å². The molecule has 1 aliphatic rings. The summed E-state index contributed by atoms with van der Waals surface area (Å²) < 4.78 is 33.0. The number of thiophene rings is 1. The van der Waals surface area contributed by atoms with Gasteiger partial charge in [-0.1, -0.05) is 22.0 Å². The Balaban J connectivity index is 1.66. The van der Waals surface area contributed by atoms with Crippen molar-refractivity contribution >= 4 is 49.2 Å².